The predicted molar refractivity (Wildman–Crippen MR) is 93.3 cm³/mol. The first-order chi connectivity index (χ1) is 11.6. The molecule has 3 heterocycles. The van der Waals surface area contributed by atoms with Gasteiger partial charge in [0.25, 0.3) is 11.6 Å². The van der Waals surface area contributed by atoms with Crippen molar-refractivity contribution in [3.63, 3.8) is 0 Å². The van der Waals surface area contributed by atoms with E-state index in [-0.39, 0.29) is 11.8 Å². The molecule has 0 atom stereocenters. The smallest absolute Gasteiger partial charge is 0.259 e. The summed E-state index contributed by atoms with van der Waals surface area (Å²) in [6.07, 6.45) is 3.84. The SMILES string of the molecule is Cc1noc2nc(C(C)C)cc(C(=O)NCCN3CCCCC3)c12. The minimum Gasteiger partial charge on any atom is -0.351 e. The lowest BCUT2D eigenvalue weighted by molar-refractivity contribution is 0.0948. The van der Waals surface area contributed by atoms with Gasteiger partial charge in [0, 0.05) is 18.8 Å². The van der Waals surface area contributed by atoms with Gasteiger partial charge in [-0.05, 0) is 44.8 Å². The van der Waals surface area contributed by atoms with Crippen molar-refractivity contribution in [2.24, 2.45) is 0 Å². The lowest BCUT2D eigenvalue weighted by Crippen LogP contribution is -2.37. The number of likely N-dealkylation sites (tertiary alicyclic amines) is 1. The Labute approximate surface area is 142 Å². The monoisotopic (exact) mass is 330 g/mol. The van der Waals surface area contributed by atoms with Crippen molar-refractivity contribution in [2.45, 2.75) is 46.0 Å². The van der Waals surface area contributed by atoms with E-state index < -0.39 is 0 Å². The average molecular weight is 330 g/mol. The lowest BCUT2D eigenvalue weighted by atomic mass is 10.0. The summed E-state index contributed by atoms with van der Waals surface area (Å²) in [4.78, 5) is 19.6. The summed E-state index contributed by atoms with van der Waals surface area (Å²) in [7, 11) is 0. The van der Waals surface area contributed by atoms with E-state index in [1.54, 1.807) is 0 Å². The summed E-state index contributed by atoms with van der Waals surface area (Å²) in [5.74, 6) is 0.146. The molecule has 130 valence electrons. The third-order valence-electron chi connectivity index (χ3n) is 4.64. The van der Waals surface area contributed by atoms with Crippen LogP contribution < -0.4 is 5.32 Å². The highest BCUT2D eigenvalue weighted by Gasteiger charge is 2.19. The normalized spacial score (nSPS) is 16.0. The number of piperidine rings is 1. The number of hydrogen-bond donors (Lipinski definition) is 1. The standard InChI is InChI=1S/C18H26N4O2/c1-12(2)15-11-14(16-13(3)21-24-18(16)20-15)17(23)19-7-10-22-8-5-4-6-9-22/h11-12H,4-10H2,1-3H3,(H,19,23). The zero-order valence-electron chi connectivity index (χ0n) is 14.8. The molecule has 1 aliphatic heterocycles. The summed E-state index contributed by atoms with van der Waals surface area (Å²) in [5.41, 5.74) is 2.61. The van der Waals surface area contributed by atoms with Crippen molar-refractivity contribution < 1.29 is 9.32 Å². The molecule has 0 radical (unpaired) electrons. The number of amides is 1. The fourth-order valence-electron chi connectivity index (χ4n) is 3.19. The van der Waals surface area contributed by atoms with Crippen LogP contribution in [0.25, 0.3) is 11.1 Å². The van der Waals surface area contributed by atoms with Crippen LogP contribution in [0, 0.1) is 6.92 Å². The Morgan fingerprint density at radius 3 is 2.79 bits per heavy atom. The molecule has 0 spiro atoms. The number of carbonyl (C=O) groups is 1. The van der Waals surface area contributed by atoms with Gasteiger partial charge in [-0.3, -0.25) is 4.79 Å². The van der Waals surface area contributed by atoms with Gasteiger partial charge in [0.1, 0.15) is 0 Å². The molecule has 0 aromatic carbocycles. The summed E-state index contributed by atoms with van der Waals surface area (Å²) in [5, 5.41) is 7.73. The van der Waals surface area contributed by atoms with Crippen molar-refractivity contribution in [2.75, 3.05) is 26.2 Å². The Balaban J connectivity index is 1.74. The highest BCUT2D eigenvalue weighted by Crippen LogP contribution is 2.25. The largest absolute Gasteiger partial charge is 0.351 e. The summed E-state index contributed by atoms with van der Waals surface area (Å²) in [6, 6.07) is 1.87. The molecule has 1 fully saturated rings. The van der Waals surface area contributed by atoms with Crippen LogP contribution in [0.5, 0.6) is 0 Å². The first kappa shape index (κ1) is 16.9. The minimum absolute atomic E-state index is 0.0763. The maximum atomic E-state index is 12.7. The molecule has 24 heavy (non-hydrogen) atoms. The van der Waals surface area contributed by atoms with E-state index in [1.807, 2.05) is 13.0 Å². The van der Waals surface area contributed by atoms with Crippen molar-refractivity contribution in [3.05, 3.63) is 23.0 Å². The van der Waals surface area contributed by atoms with Gasteiger partial charge in [-0.2, -0.15) is 0 Å². The second kappa shape index (κ2) is 7.30. The van der Waals surface area contributed by atoms with Crippen LogP contribution in [0.15, 0.2) is 10.6 Å². The number of nitrogens with zero attached hydrogens (tertiary/aromatic N) is 3. The van der Waals surface area contributed by atoms with Crippen molar-refractivity contribution >= 4 is 17.0 Å². The highest BCUT2D eigenvalue weighted by atomic mass is 16.5. The van der Waals surface area contributed by atoms with Crippen molar-refractivity contribution in [3.8, 4) is 0 Å². The molecule has 1 saturated heterocycles. The fraction of sp³-hybridized carbons (Fsp3) is 0.611. The minimum atomic E-state index is -0.0763. The summed E-state index contributed by atoms with van der Waals surface area (Å²) in [6.45, 7) is 9.77. The molecule has 1 amide bonds. The maximum Gasteiger partial charge on any atom is 0.259 e. The maximum absolute atomic E-state index is 12.7. The van der Waals surface area contributed by atoms with E-state index in [2.05, 4.69) is 34.2 Å². The predicted octanol–water partition coefficient (Wildman–Crippen LogP) is 2.87. The van der Waals surface area contributed by atoms with Gasteiger partial charge in [0.2, 0.25) is 0 Å². The summed E-state index contributed by atoms with van der Waals surface area (Å²) < 4.78 is 5.28. The number of fused-ring (bicyclic) bond motifs is 1. The summed E-state index contributed by atoms with van der Waals surface area (Å²) >= 11 is 0. The van der Waals surface area contributed by atoms with Crippen molar-refractivity contribution in [1.82, 2.24) is 20.4 Å². The number of hydrogen-bond acceptors (Lipinski definition) is 5. The number of rotatable bonds is 5. The molecule has 6 nitrogen and oxygen atoms in total. The van der Waals surface area contributed by atoms with Crippen LogP contribution in [0.1, 0.15) is 60.8 Å². The van der Waals surface area contributed by atoms with E-state index in [4.69, 9.17) is 4.52 Å². The molecule has 2 aromatic heterocycles. The quantitative estimate of drug-likeness (QED) is 0.913. The molecule has 2 aromatic rings. The number of aromatic nitrogens is 2. The van der Waals surface area contributed by atoms with Gasteiger partial charge in [-0.15, -0.1) is 0 Å². The van der Waals surface area contributed by atoms with Crippen LogP contribution in [0.4, 0.5) is 0 Å². The Morgan fingerprint density at radius 1 is 1.33 bits per heavy atom. The second-order valence-electron chi connectivity index (χ2n) is 6.86. The Hall–Kier alpha value is -1.95. The van der Waals surface area contributed by atoms with Gasteiger partial charge in [-0.1, -0.05) is 25.4 Å². The second-order valence-corrected chi connectivity index (χ2v) is 6.86. The molecular formula is C18H26N4O2. The highest BCUT2D eigenvalue weighted by molar-refractivity contribution is 6.06. The molecule has 0 bridgehead atoms. The fourth-order valence-corrected chi connectivity index (χ4v) is 3.19. The molecular weight excluding hydrogens is 304 g/mol. The first-order valence-electron chi connectivity index (χ1n) is 8.83. The molecule has 6 heteroatoms. The van der Waals surface area contributed by atoms with Gasteiger partial charge in [0.15, 0.2) is 0 Å². The molecule has 0 aliphatic carbocycles. The molecule has 0 saturated carbocycles. The van der Waals surface area contributed by atoms with Gasteiger partial charge in [-0.25, -0.2) is 4.98 Å². The van der Waals surface area contributed by atoms with Crippen molar-refractivity contribution in [1.29, 1.82) is 0 Å². The number of pyridine rings is 1. The third kappa shape index (κ3) is 3.59. The van der Waals surface area contributed by atoms with E-state index in [0.717, 1.165) is 30.7 Å². The molecule has 1 aliphatic rings. The lowest BCUT2D eigenvalue weighted by Gasteiger charge is -2.26. The average Bonchev–Trinajstić information content (AvgIpc) is 2.96. The van der Waals surface area contributed by atoms with Gasteiger partial charge < -0.3 is 14.7 Å². The van der Waals surface area contributed by atoms with Crippen LogP contribution in [-0.2, 0) is 0 Å². The van der Waals surface area contributed by atoms with E-state index in [9.17, 15) is 4.79 Å². The zero-order chi connectivity index (χ0) is 17.1. The number of carbonyl (C=O) groups excluding carboxylic acids is 1. The van der Waals surface area contributed by atoms with Crippen LogP contribution in [0.2, 0.25) is 0 Å². The Kier molecular flexibility index (Phi) is 5.14. The van der Waals surface area contributed by atoms with Crippen LogP contribution in [0.3, 0.4) is 0 Å². The molecule has 0 unspecified atom stereocenters. The zero-order valence-corrected chi connectivity index (χ0v) is 14.8. The topological polar surface area (TPSA) is 71.3 Å². The van der Waals surface area contributed by atoms with E-state index in [0.29, 0.717) is 23.5 Å². The first-order valence-corrected chi connectivity index (χ1v) is 8.83. The van der Waals surface area contributed by atoms with Gasteiger partial charge in [0.05, 0.1) is 16.6 Å². The van der Waals surface area contributed by atoms with E-state index >= 15 is 0 Å². The Bertz CT molecular complexity index is 717. The Morgan fingerprint density at radius 2 is 2.08 bits per heavy atom. The molecule has 1 N–H and O–H groups in total. The number of nitrogens with one attached hydrogen (secondary N) is 1. The third-order valence-corrected chi connectivity index (χ3v) is 4.64. The van der Waals surface area contributed by atoms with Gasteiger partial charge >= 0.3 is 0 Å². The van der Waals surface area contributed by atoms with E-state index in [1.165, 1.54) is 19.3 Å². The van der Waals surface area contributed by atoms with Crippen LogP contribution in [-0.4, -0.2) is 47.1 Å². The molecule has 3 rings (SSSR count). The van der Waals surface area contributed by atoms with Crippen LogP contribution >= 0.6 is 0 Å². The number of aryl methyl sites for hydroxylation is 1.